The molecule has 1 saturated heterocycles. The summed E-state index contributed by atoms with van der Waals surface area (Å²) in [6, 6.07) is 6.51. The van der Waals surface area contributed by atoms with Gasteiger partial charge in [0.2, 0.25) is 0 Å². The lowest BCUT2D eigenvalue weighted by Gasteiger charge is -2.47. The Bertz CT molecular complexity index is 427. The average Bonchev–Trinajstić information content (AvgIpc) is 2.37. The molecule has 1 heterocycles. The van der Waals surface area contributed by atoms with Gasteiger partial charge in [0.1, 0.15) is 5.75 Å². The van der Waals surface area contributed by atoms with Crippen LogP contribution >= 0.6 is 0 Å². The minimum absolute atomic E-state index is 0.0793. The molecule has 0 amide bonds. The Morgan fingerprint density at radius 1 is 1.42 bits per heavy atom. The molecular weight excluding hydrogens is 238 g/mol. The normalized spacial score (nSPS) is 18.7. The molecule has 1 aromatic rings. The number of ether oxygens (including phenoxy) is 2. The molecule has 1 atom stereocenters. The summed E-state index contributed by atoms with van der Waals surface area (Å²) in [6.45, 7) is 6.72. The highest BCUT2D eigenvalue weighted by atomic mass is 16.5. The third-order valence-corrected chi connectivity index (χ3v) is 4.47. The maximum Gasteiger partial charge on any atom is 0.122 e. The van der Waals surface area contributed by atoms with Crippen molar-refractivity contribution in [2.75, 3.05) is 26.9 Å². The van der Waals surface area contributed by atoms with Crippen LogP contribution in [0.1, 0.15) is 31.4 Å². The van der Waals surface area contributed by atoms with Gasteiger partial charge in [-0.25, -0.2) is 0 Å². The van der Waals surface area contributed by atoms with Gasteiger partial charge in [-0.2, -0.15) is 0 Å². The molecule has 0 aliphatic carbocycles. The first-order valence-corrected chi connectivity index (χ1v) is 7.13. The highest BCUT2D eigenvalue weighted by Crippen LogP contribution is 2.45. The van der Waals surface area contributed by atoms with Crippen molar-refractivity contribution >= 4 is 0 Å². The van der Waals surface area contributed by atoms with E-state index in [1.54, 1.807) is 7.11 Å². The number of methoxy groups -OCH3 is 1. The fraction of sp³-hybridized carbons (Fsp3) is 0.625. The second kappa shape index (κ2) is 5.93. The number of hydrogen-bond donors (Lipinski definition) is 1. The zero-order valence-corrected chi connectivity index (χ0v) is 12.2. The van der Waals surface area contributed by atoms with Crippen molar-refractivity contribution < 1.29 is 9.47 Å². The van der Waals surface area contributed by atoms with Crippen LogP contribution in [0.25, 0.3) is 0 Å². The lowest BCUT2D eigenvalue weighted by atomic mass is 9.67. The third-order valence-electron chi connectivity index (χ3n) is 4.47. The molecule has 0 radical (unpaired) electrons. The van der Waals surface area contributed by atoms with Gasteiger partial charge in [-0.05, 0) is 36.9 Å². The Morgan fingerprint density at radius 3 is 2.63 bits per heavy atom. The average molecular weight is 263 g/mol. The molecule has 3 heteroatoms. The van der Waals surface area contributed by atoms with Crippen molar-refractivity contribution in [3.8, 4) is 5.75 Å². The predicted molar refractivity (Wildman–Crippen MR) is 77.7 cm³/mol. The van der Waals surface area contributed by atoms with Crippen molar-refractivity contribution in [3.63, 3.8) is 0 Å². The van der Waals surface area contributed by atoms with Crippen molar-refractivity contribution in [1.29, 1.82) is 0 Å². The van der Waals surface area contributed by atoms with E-state index in [0.717, 1.165) is 38.3 Å². The van der Waals surface area contributed by atoms with E-state index in [0.29, 0.717) is 5.92 Å². The Balaban J connectivity index is 2.41. The van der Waals surface area contributed by atoms with E-state index in [1.165, 1.54) is 11.1 Å². The first kappa shape index (κ1) is 14.4. The van der Waals surface area contributed by atoms with E-state index < -0.39 is 0 Å². The fourth-order valence-electron chi connectivity index (χ4n) is 2.92. The van der Waals surface area contributed by atoms with E-state index >= 15 is 0 Å². The highest BCUT2D eigenvalue weighted by Gasteiger charge is 2.46. The molecule has 1 aromatic carbocycles. The highest BCUT2D eigenvalue weighted by molar-refractivity contribution is 5.44. The molecule has 1 unspecified atom stereocenters. The Morgan fingerprint density at radius 2 is 2.16 bits per heavy atom. The quantitative estimate of drug-likeness (QED) is 0.857. The van der Waals surface area contributed by atoms with E-state index in [2.05, 4.69) is 32.0 Å². The standard InChI is InChI=1S/C16H25NO2/c1-4-13-5-6-15(18-3)14(9-13)16(10-19-11-16)12(2)7-8-17/h5-6,9,12H,4,7-8,10-11,17H2,1-3H3. The maximum absolute atomic E-state index is 5.74. The molecule has 0 spiro atoms. The molecule has 106 valence electrons. The van der Waals surface area contributed by atoms with Crippen molar-refractivity contribution in [3.05, 3.63) is 29.3 Å². The number of aryl methyl sites for hydroxylation is 1. The third kappa shape index (κ3) is 2.49. The molecule has 2 rings (SSSR count). The van der Waals surface area contributed by atoms with Crippen LogP contribution in [-0.4, -0.2) is 26.9 Å². The molecule has 1 aliphatic heterocycles. The molecule has 0 bridgehead atoms. The Labute approximate surface area is 116 Å². The SMILES string of the molecule is CCc1ccc(OC)c(C2(C(C)CCN)COC2)c1. The Kier molecular flexibility index (Phi) is 4.48. The fourth-order valence-corrected chi connectivity index (χ4v) is 2.92. The van der Waals surface area contributed by atoms with Gasteiger partial charge in [0.15, 0.2) is 0 Å². The second-order valence-electron chi connectivity index (χ2n) is 5.52. The predicted octanol–water partition coefficient (Wildman–Crippen LogP) is 2.51. The van der Waals surface area contributed by atoms with Gasteiger partial charge < -0.3 is 15.2 Å². The van der Waals surface area contributed by atoms with Crippen LogP contribution in [0.3, 0.4) is 0 Å². The first-order valence-electron chi connectivity index (χ1n) is 7.13. The molecule has 0 saturated carbocycles. The maximum atomic E-state index is 5.74. The molecular formula is C16H25NO2. The van der Waals surface area contributed by atoms with Crippen molar-refractivity contribution in [2.24, 2.45) is 11.7 Å². The smallest absolute Gasteiger partial charge is 0.122 e. The topological polar surface area (TPSA) is 44.5 Å². The lowest BCUT2D eigenvalue weighted by Crippen LogP contribution is -2.52. The van der Waals surface area contributed by atoms with Crippen LogP contribution in [0.5, 0.6) is 5.75 Å². The monoisotopic (exact) mass is 263 g/mol. The van der Waals surface area contributed by atoms with Crippen molar-refractivity contribution in [1.82, 2.24) is 0 Å². The van der Waals surface area contributed by atoms with Crippen LogP contribution in [0.15, 0.2) is 18.2 Å². The van der Waals surface area contributed by atoms with E-state index in [4.69, 9.17) is 15.2 Å². The molecule has 19 heavy (non-hydrogen) atoms. The van der Waals surface area contributed by atoms with Gasteiger partial charge in [0.25, 0.3) is 0 Å². The molecule has 3 nitrogen and oxygen atoms in total. The minimum atomic E-state index is 0.0793. The van der Waals surface area contributed by atoms with Crippen LogP contribution in [-0.2, 0) is 16.6 Å². The molecule has 1 aliphatic rings. The largest absolute Gasteiger partial charge is 0.496 e. The molecule has 1 fully saturated rings. The van der Waals surface area contributed by atoms with Gasteiger partial charge >= 0.3 is 0 Å². The van der Waals surface area contributed by atoms with E-state index in [9.17, 15) is 0 Å². The van der Waals surface area contributed by atoms with Crippen LogP contribution in [0, 0.1) is 5.92 Å². The minimum Gasteiger partial charge on any atom is -0.496 e. The summed E-state index contributed by atoms with van der Waals surface area (Å²) in [4.78, 5) is 0. The zero-order chi connectivity index (χ0) is 13.9. The number of benzene rings is 1. The van der Waals surface area contributed by atoms with Gasteiger partial charge in [-0.3, -0.25) is 0 Å². The first-order chi connectivity index (χ1) is 9.17. The molecule has 2 N–H and O–H groups in total. The molecule has 0 aromatic heterocycles. The number of hydrogen-bond acceptors (Lipinski definition) is 3. The zero-order valence-electron chi connectivity index (χ0n) is 12.2. The van der Waals surface area contributed by atoms with E-state index in [-0.39, 0.29) is 5.41 Å². The lowest BCUT2D eigenvalue weighted by molar-refractivity contribution is -0.0891. The summed E-state index contributed by atoms with van der Waals surface area (Å²) < 4.78 is 11.1. The summed E-state index contributed by atoms with van der Waals surface area (Å²) in [6.07, 6.45) is 2.06. The summed E-state index contributed by atoms with van der Waals surface area (Å²) in [7, 11) is 1.74. The van der Waals surface area contributed by atoms with Crippen LogP contribution in [0.2, 0.25) is 0 Å². The number of nitrogens with two attached hydrogens (primary N) is 1. The van der Waals surface area contributed by atoms with Gasteiger partial charge in [-0.1, -0.05) is 26.0 Å². The summed E-state index contributed by atoms with van der Waals surface area (Å²) in [5.74, 6) is 1.48. The van der Waals surface area contributed by atoms with E-state index in [1.807, 2.05) is 0 Å². The van der Waals surface area contributed by atoms with Gasteiger partial charge in [0, 0.05) is 11.0 Å². The van der Waals surface area contributed by atoms with Gasteiger partial charge in [0.05, 0.1) is 20.3 Å². The Hall–Kier alpha value is -1.06. The summed E-state index contributed by atoms with van der Waals surface area (Å²) in [5, 5.41) is 0. The van der Waals surface area contributed by atoms with Gasteiger partial charge in [-0.15, -0.1) is 0 Å². The van der Waals surface area contributed by atoms with Crippen LogP contribution in [0.4, 0.5) is 0 Å². The van der Waals surface area contributed by atoms with Crippen LogP contribution < -0.4 is 10.5 Å². The summed E-state index contributed by atoms with van der Waals surface area (Å²) in [5.41, 5.74) is 8.46. The second-order valence-corrected chi connectivity index (χ2v) is 5.52. The van der Waals surface area contributed by atoms with Crippen molar-refractivity contribution in [2.45, 2.75) is 32.1 Å². The summed E-state index contributed by atoms with van der Waals surface area (Å²) >= 11 is 0. The number of rotatable bonds is 6.